The van der Waals surface area contributed by atoms with Gasteiger partial charge in [0, 0.05) is 21.1 Å². The van der Waals surface area contributed by atoms with Gasteiger partial charge < -0.3 is 5.32 Å². The zero-order valence-corrected chi connectivity index (χ0v) is 12.3. The van der Waals surface area contributed by atoms with Crippen molar-refractivity contribution in [2.24, 2.45) is 0 Å². The van der Waals surface area contributed by atoms with Crippen molar-refractivity contribution in [3.05, 3.63) is 50.4 Å². The number of nitrogens with zero attached hydrogens (tertiary/aromatic N) is 1. The molecule has 1 aromatic heterocycles. The molecule has 20 heavy (non-hydrogen) atoms. The molecule has 1 amide bonds. The van der Waals surface area contributed by atoms with Gasteiger partial charge in [-0.05, 0) is 18.2 Å². The van der Waals surface area contributed by atoms with Crippen LogP contribution in [0, 0.1) is 0 Å². The molecular weight excluding hydrogens is 357 g/mol. The van der Waals surface area contributed by atoms with E-state index in [0.717, 1.165) is 10.9 Å². The summed E-state index contributed by atoms with van der Waals surface area (Å²) >= 11 is 4.18. The molecule has 1 aromatic carbocycles. The van der Waals surface area contributed by atoms with Crippen molar-refractivity contribution in [3.8, 4) is 0 Å². The Bertz CT molecular complexity index is 614. The van der Waals surface area contributed by atoms with Gasteiger partial charge in [0.2, 0.25) is 0 Å². The van der Waals surface area contributed by atoms with E-state index in [0.29, 0.717) is 0 Å². The number of halogens is 4. The van der Waals surface area contributed by atoms with Crippen LogP contribution < -0.4 is 5.32 Å². The Morgan fingerprint density at radius 2 is 2.15 bits per heavy atom. The van der Waals surface area contributed by atoms with E-state index >= 15 is 0 Å². The molecule has 0 aliphatic carbocycles. The van der Waals surface area contributed by atoms with Gasteiger partial charge in [0.1, 0.15) is 0 Å². The molecule has 0 aliphatic rings. The Morgan fingerprint density at radius 1 is 1.40 bits per heavy atom. The highest BCUT2D eigenvalue weighted by atomic mass is 79.9. The molecule has 0 aliphatic heterocycles. The number of carbonyl (C=O) groups excluding carboxylic acids is 1. The quantitative estimate of drug-likeness (QED) is 0.898. The highest BCUT2D eigenvalue weighted by molar-refractivity contribution is 9.10. The topological polar surface area (TPSA) is 42.0 Å². The standard InChI is InChI=1S/C12H8BrF3N2OS/c13-10-2-1-7(3-9(10)12(14,15)16)11(19)18-5-8-4-17-6-20-8/h1-4,6H,5H2,(H,18,19). The number of aromatic nitrogens is 1. The number of rotatable bonds is 3. The van der Waals surface area contributed by atoms with Crippen LogP contribution in [0.1, 0.15) is 20.8 Å². The van der Waals surface area contributed by atoms with Crippen LogP contribution in [0.2, 0.25) is 0 Å². The lowest BCUT2D eigenvalue weighted by molar-refractivity contribution is -0.138. The highest BCUT2D eigenvalue weighted by Crippen LogP contribution is 2.35. The van der Waals surface area contributed by atoms with E-state index in [4.69, 9.17) is 0 Å². The number of benzene rings is 1. The van der Waals surface area contributed by atoms with Crippen LogP contribution in [-0.4, -0.2) is 10.9 Å². The zero-order valence-electron chi connectivity index (χ0n) is 9.87. The molecule has 0 unspecified atom stereocenters. The molecular formula is C12H8BrF3N2OS. The Kier molecular flexibility index (Phi) is 4.44. The predicted molar refractivity (Wildman–Crippen MR) is 72.4 cm³/mol. The lowest BCUT2D eigenvalue weighted by Crippen LogP contribution is -2.23. The zero-order chi connectivity index (χ0) is 14.8. The van der Waals surface area contributed by atoms with Gasteiger partial charge in [-0.15, -0.1) is 11.3 Å². The third-order valence-corrected chi connectivity index (χ3v) is 3.91. The molecule has 2 rings (SSSR count). The fraction of sp³-hybridized carbons (Fsp3) is 0.167. The first-order valence-electron chi connectivity index (χ1n) is 5.40. The lowest BCUT2D eigenvalue weighted by Gasteiger charge is -2.11. The van der Waals surface area contributed by atoms with Crippen LogP contribution in [-0.2, 0) is 12.7 Å². The van der Waals surface area contributed by atoms with E-state index in [1.807, 2.05) is 0 Å². The second-order valence-electron chi connectivity index (χ2n) is 3.84. The molecule has 1 heterocycles. The minimum Gasteiger partial charge on any atom is -0.347 e. The fourth-order valence-corrected chi connectivity index (χ4v) is 2.49. The summed E-state index contributed by atoms with van der Waals surface area (Å²) < 4.78 is 38.1. The first kappa shape index (κ1) is 15.0. The fourth-order valence-electron chi connectivity index (χ4n) is 1.48. The number of hydrogen-bond acceptors (Lipinski definition) is 3. The van der Waals surface area contributed by atoms with E-state index in [9.17, 15) is 18.0 Å². The summed E-state index contributed by atoms with van der Waals surface area (Å²) in [6, 6.07) is 3.37. The maximum absolute atomic E-state index is 12.7. The number of nitrogens with one attached hydrogen (secondary N) is 1. The SMILES string of the molecule is O=C(NCc1cncs1)c1ccc(Br)c(C(F)(F)F)c1. The summed E-state index contributed by atoms with van der Waals surface area (Å²) in [4.78, 5) is 16.5. The third-order valence-electron chi connectivity index (χ3n) is 2.44. The first-order valence-corrected chi connectivity index (χ1v) is 7.07. The minimum atomic E-state index is -4.51. The molecule has 0 saturated carbocycles. The second-order valence-corrected chi connectivity index (χ2v) is 5.67. The Hall–Kier alpha value is -1.41. The predicted octanol–water partition coefficient (Wildman–Crippen LogP) is 3.85. The van der Waals surface area contributed by atoms with Gasteiger partial charge in [-0.2, -0.15) is 13.2 Å². The maximum Gasteiger partial charge on any atom is 0.417 e. The number of alkyl halides is 3. The van der Waals surface area contributed by atoms with Crippen molar-refractivity contribution >= 4 is 33.2 Å². The molecule has 8 heteroatoms. The van der Waals surface area contributed by atoms with Crippen LogP contribution in [0.4, 0.5) is 13.2 Å². The smallest absolute Gasteiger partial charge is 0.347 e. The summed E-state index contributed by atoms with van der Waals surface area (Å²) in [7, 11) is 0. The second kappa shape index (κ2) is 5.92. The Labute approximate surface area is 125 Å². The van der Waals surface area contributed by atoms with Crippen LogP contribution >= 0.6 is 27.3 Å². The van der Waals surface area contributed by atoms with Gasteiger partial charge in [-0.1, -0.05) is 15.9 Å². The number of hydrogen-bond donors (Lipinski definition) is 1. The number of carbonyl (C=O) groups is 1. The normalized spacial score (nSPS) is 11.4. The van der Waals surface area contributed by atoms with Crippen molar-refractivity contribution in [1.82, 2.24) is 10.3 Å². The van der Waals surface area contributed by atoms with Crippen molar-refractivity contribution in [2.45, 2.75) is 12.7 Å². The van der Waals surface area contributed by atoms with Gasteiger partial charge in [-0.3, -0.25) is 9.78 Å². The monoisotopic (exact) mass is 364 g/mol. The number of amides is 1. The summed E-state index contributed by atoms with van der Waals surface area (Å²) in [5.74, 6) is -0.559. The lowest BCUT2D eigenvalue weighted by atomic mass is 10.1. The van der Waals surface area contributed by atoms with Crippen molar-refractivity contribution < 1.29 is 18.0 Å². The van der Waals surface area contributed by atoms with E-state index in [1.165, 1.54) is 23.5 Å². The number of thiazole rings is 1. The van der Waals surface area contributed by atoms with Gasteiger partial charge in [-0.25, -0.2) is 0 Å². The summed E-state index contributed by atoms with van der Waals surface area (Å²) in [5.41, 5.74) is 0.705. The average molecular weight is 365 g/mol. The van der Waals surface area contributed by atoms with Gasteiger partial charge in [0.15, 0.2) is 0 Å². The van der Waals surface area contributed by atoms with E-state index < -0.39 is 17.6 Å². The summed E-state index contributed by atoms with van der Waals surface area (Å²) in [6.45, 7) is 0.237. The molecule has 3 nitrogen and oxygen atoms in total. The summed E-state index contributed by atoms with van der Waals surface area (Å²) in [5, 5.41) is 2.55. The summed E-state index contributed by atoms with van der Waals surface area (Å²) in [6.07, 6.45) is -2.92. The van der Waals surface area contributed by atoms with Crippen LogP contribution in [0.25, 0.3) is 0 Å². The minimum absolute atomic E-state index is 0.0370. The molecule has 0 atom stereocenters. The molecule has 0 saturated heterocycles. The first-order chi connectivity index (χ1) is 9.38. The van der Waals surface area contributed by atoms with Crippen LogP contribution in [0.3, 0.4) is 0 Å². The highest BCUT2D eigenvalue weighted by Gasteiger charge is 2.33. The molecule has 0 spiro atoms. The van der Waals surface area contributed by atoms with Crippen LogP contribution in [0.15, 0.2) is 34.4 Å². The molecule has 0 bridgehead atoms. The molecule has 106 valence electrons. The Balaban J connectivity index is 2.14. The maximum atomic E-state index is 12.7. The Morgan fingerprint density at radius 3 is 2.75 bits per heavy atom. The van der Waals surface area contributed by atoms with Crippen molar-refractivity contribution in [1.29, 1.82) is 0 Å². The van der Waals surface area contributed by atoms with Gasteiger partial charge in [0.25, 0.3) is 5.91 Å². The van der Waals surface area contributed by atoms with Crippen LogP contribution in [0.5, 0.6) is 0 Å². The molecule has 1 N–H and O–H groups in total. The largest absolute Gasteiger partial charge is 0.417 e. The molecule has 2 aromatic rings. The van der Waals surface area contributed by atoms with Gasteiger partial charge >= 0.3 is 6.18 Å². The van der Waals surface area contributed by atoms with E-state index in [2.05, 4.69) is 26.2 Å². The molecule has 0 radical (unpaired) electrons. The van der Waals surface area contributed by atoms with Crippen molar-refractivity contribution in [2.75, 3.05) is 0 Å². The third kappa shape index (κ3) is 3.57. The van der Waals surface area contributed by atoms with Crippen molar-refractivity contribution in [3.63, 3.8) is 0 Å². The average Bonchev–Trinajstić information content (AvgIpc) is 2.88. The van der Waals surface area contributed by atoms with E-state index in [1.54, 1.807) is 11.7 Å². The van der Waals surface area contributed by atoms with Gasteiger partial charge in [0.05, 0.1) is 17.6 Å². The molecule has 0 fully saturated rings. The van der Waals surface area contributed by atoms with E-state index in [-0.39, 0.29) is 16.6 Å².